The van der Waals surface area contributed by atoms with E-state index in [9.17, 15) is 0 Å². The molecule has 0 aliphatic heterocycles. The number of H-pyrrole nitrogens is 1. The Bertz CT molecular complexity index is 550. The smallest absolute Gasteiger partial charge is 0.179 e. The van der Waals surface area contributed by atoms with E-state index in [1.54, 1.807) is 0 Å². The Kier molecular flexibility index (Phi) is 1.92. The van der Waals surface area contributed by atoms with Crippen LogP contribution in [0.25, 0.3) is 11.2 Å². The highest BCUT2D eigenvalue weighted by Gasteiger charge is 2.30. The fraction of sp³-hybridized carbons (Fsp3) is 0.455. The van der Waals surface area contributed by atoms with E-state index in [1.807, 2.05) is 18.3 Å². The predicted molar refractivity (Wildman–Crippen MR) is 62.4 cm³/mol. The van der Waals surface area contributed by atoms with Crippen LogP contribution in [0, 0.1) is 10.7 Å². The molecule has 1 fully saturated rings. The fourth-order valence-electron chi connectivity index (χ4n) is 2.13. The molecular weight excluding hydrogens is 206 g/mol. The van der Waals surface area contributed by atoms with Gasteiger partial charge in [-0.05, 0) is 50.0 Å². The number of aromatic nitrogens is 3. The van der Waals surface area contributed by atoms with Crippen molar-refractivity contribution in [2.75, 3.05) is 0 Å². The molecule has 1 N–H and O–H groups in total. The summed E-state index contributed by atoms with van der Waals surface area (Å²) in [4.78, 5) is 7.60. The van der Waals surface area contributed by atoms with Gasteiger partial charge < -0.3 is 4.98 Å². The second-order valence-electron chi connectivity index (χ2n) is 4.25. The molecule has 78 valence electrons. The minimum Gasteiger partial charge on any atom is -0.329 e. The van der Waals surface area contributed by atoms with Crippen LogP contribution >= 0.6 is 12.2 Å². The van der Waals surface area contributed by atoms with Gasteiger partial charge in [-0.1, -0.05) is 0 Å². The van der Waals surface area contributed by atoms with Gasteiger partial charge in [0.15, 0.2) is 10.4 Å². The van der Waals surface area contributed by atoms with Crippen LogP contribution in [0.1, 0.15) is 25.8 Å². The largest absolute Gasteiger partial charge is 0.329 e. The van der Waals surface area contributed by atoms with Gasteiger partial charge in [-0.2, -0.15) is 0 Å². The maximum absolute atomic E-state index is 5.34. The number of hydrogen-bond donors (Lipinski definition) is 1. The standard InChI is InChI=1S/C11H13N3S/c1-7(8-4-5-8)14-10-9(13-11(14)15)3-2-6-12-10/h2-3,6-8H,4-5H2,1H3,(H,13,15). The molecule has 1 atom stereocenters. The number of nitrogens with one attached hydrogen (secondary N) is 1. The Morgan fingerprint density at radius 3 is 3.13 bits per heavy atom. The zero-order valence-corrected chi connectivity index (χ0v) is 9.42. The number of hydrogen-bond acceptors (Lipinski definition) is 2. The average Bonchev–Trinajstić information content (AvgIpc) is 3.00. The van der Waals surface area contributed by atoms with Crippen LogP contribution in [0.3, 0.4) is 0 Å². The molecule has 1 unspecified atom stereocenters. The minimum atomic E-state index is 0.473. The zero-order chi connectivity index (χ0) is 10.4. The molecule has 15 heavy (non-hydrogen) atoms. The quantitative estimate of drug-likeness (QED) is 0.787. The van der Waals surface area contributed by atoms with Crippen LogP contribution in [-0.2, 0) is 0 Å². The maximum Gasteiger partial charge on any atom is 0.179 e. The van der Waals surface area contributed by atoms with Gasteiger partial charge in [-0.25, -0.2) is 4.98 Å². The summed E-state index contributed by atoms with van der Waals surface area (Å²) >= 11 is 5.34. The predicted octanol–water partition coefficient (Wildman–Crippen LogP) is 3.06. The molecule has 4 heteroatoms. The second-order valence-corrected chi connectivity index (χ2v) is 4.64. The molecule has 3 rings (SSSR count). The molecule has 0 spiro atoms. The van der Waals surface area contributed by atoms with Gasteiger partial charge in [0.05, 0.1) is 5.52 Å². The van der Waals surface area contributed by atoms with Crippen LogP contribution < -0.4 is 0 Å². The van der Waals surface area contributed by atoms with Gasteiger partial charge in [-0.15, -0.1) is 0 Å². The first-order chi connectivity index (χ1) is 7.27. The Morgan fingerprint density at radius 2 is 2.40 bits per heavy atom. The van der Waals surface area contributed by atoms with Gasteiger partial charge in [0, 0.05) is 12.2 Å². The molecule has 0 bridgehead atoms. The molecule has 1 aliphatic rings. The Balaban J connectivity index is 2.23. The number of imidazole rings is 1. The van der Waals surface area contributed by atoms with Crippen LogP contribution in [0.15, 0.2) is 18.3 Å². The Hall–Kier alpha value is -1.16. The summed E-state index contributed by atoms with van der Waals surface area (Å²) in [6.45, 7) is 2.23. The summed E-state index contributed by atoms with van der Waals surface area (Å²) in [7, 11) is 0. The van der Waals surface area contributed by atoms with Crippen molar-refractivity contribution in [1.82, 2.24) is 14.5 Å². The highest BCUT2D eigenvalue weighted by Crippen LogP contribution is 2.40. The first kappa shape index (κ1) is 9.09. The molecule has 0 amide bonds. The van der Waals surface area contributed by atoms with E-state index in [-0.39, 0.29) is 0 Å². The number of rotatable bonds is 2. The topological polar surface area (TPSA) is 33.6 Å². The van der Waals surface area contributed by atoms with E-state index in [0.29, 0.717) is 6.04 Å². The fourth-order valence-corrected chi connectivity index (χ4v) is 2.49. The van der Waals surface area contributed by atoms with Gasteiger partial charge in [-0.3, -0.25) is 4.57 Å². The monoisotopic (exact) mass is 219 g/mol. The van der Waals surface area contributed by atoms with Crippen LogP contribution in [0.5, 0.6) is 0 Å². The number of fused-ring (bicyclic) bond motifs is 1. The lowest BCUT2D eigenvalue weighted by Gasteiger charge is -2.12. The lowest BCUT2D eigenvalue weighted by molar-refractivity contribution is 0.490. The molecule has 2 aromatic heterocycles. The molecular formula is C11H13N3S. The normalized spacial score (nSPS) is 18.2. The average molecular weight is 219 g/mol. The van der Waals surface area contributed by atoms with Crippen LogP contribution in [0.2, 0.25) is 0 Å². The van der Waals surface area contributed by atoms with Gasteiger partial charge >= 0.3 is 0 Å². The molecule has 2 heterocycles. The van der Waals surface area contributed by atoms with E-state index in [0.717, 1.165) is 21.9 Å². The summed E-state index contributed by atoms with van der Waals surface area (Å²) in [5.41, 5.74) is 2.02. The molecule has 0 radical (unpaired) electrons. The number of aromatic amines is 1. The molecule has 0 aromatic carbocycles. The third-order valence-electron chi connectivity index (χ3n) is 3.19. The first-order valence-corrected chi connectivity index (χ1v) is 5.73. The van der Waals surface area contributed by atoms with Crippen molar-refractivity contribution < 1.29 is 0 Å². The van der Waals surface area contributed by atoms with E-state index < -0.39 is 0 Å². The van der Waals surface area contributed by atoms with E-state index >= 15 is 0 Å². The van der Waals surface area contributed by atoms with E-state index in [1.165, 1.54) is 12.8 Å². The van der Waals surface area contributed by atoms with Crippen molar-refractivity contribution in [2.24, 2.45) is 5.92 Å². The van der Waals surface area contributed by atoms with Crippen molar-refractivity contribution in [3.05, 3.63) is 23.1 Å². The van der Waals surface area contributed by atoms with E-state index in [4.69, 9.17) is 12.2 Å². The molecule has 1 saturated carbocycles. The third kappa shape index (κ3) is 1.40. The summed E-state index contributed by atoms with van der Waals surface area (Å²) in [6.07, 6.45) is 4.46. The first-order valence-electron chi connectivity index (χ1n) is 5.32. The third-order valence-corrected chi connectivity index (χ3v) is 3.49. The van der Waals surface area contributed by atoms with Crippen molar-refractivity contribution in [3.63, 3.8) is 0 Å². The SMILES string of the molecule is CC(C1CC1)n1c(=S)[nH]c2cccnc21. The lowest BCUT2D eigenvalue weighted by atomic mass is 10.2. The summed E-state index contributed by atoms with van der Waals surface area (Å²) < 4.78 is 2.95. The summed E-state index contributed by atoms with van der Waals surface area (Å²) in [6, 6.07) is 4.43. The number of nitrogens with zero attached hydrogens (tertiary/aromatic N) is 2. The van der Waals surface area contributed by atoms with Crippen molar-refractivity contribution in [1.29, 1.82) is 0 Å². The highest BCUT2D eigenvalue weighted by atomic mass is 32.1. The summed E-state index contributed by atoms with van der Waals surface area (Å²) in [5, 5.41) is 0. The van der Waals surface area contributed by atoms with Crippen molar-refractivity contribution in [2.45, 2.75) is 25.8 Å². The zero-order valence-electron chi connectivity index (χ0n) is 8.60. The van der Waals surface area contributed by atoms with Gasteiger partial charge in [0.25, 0.3) is 0 Å². The van der Waals surface area contributed by atoms with Crippen LogP contribution in [0.4, 0.5) is 0 Å². The van der Waals surface area contributed by atoms with Crippen molar-refractivity contribution >= 4 is 23.4 Å². The molecule has 3 nitrogen and oxygen atoms in total. The molecule has 0 saturated heterocycles. The molecule has 2 aromatic rings. The Labute approximate surface area is 93.1 Å². The minimum absolute atomic E-state index is 0.473. The second kappa shape index (κ2) is 3.17. The lowest BCUT2D eigenvalue weighted by Crippen LogP contribution is -2.07. The van der Waals surface area contributed by atoms with Gasteiger partial charge in [0.2, 0.25) is 0 Å². The van der Waals surface area contributed by atoms with Crippen molar-refractivity contribution in [3.8, 4) is 0 Å². The number of pyridine rings is 1. The Morgan fingerprint density at radius 1 is 1.60 bits per heavy atom. The van der Waals surface area contributed by atoms with E-state index in [2.05, 4.69) is 21.5 Å². The van der Waals surface area contributed by atoms with Crippen LogP contribution in [-0.4, -0.2) is 14.5 Å². The molecule has 1 aliphatic carbocycles. The maximum atomic E-state index is 5.34. The summed E-state index contributed by atoms with van der Waals surface area (Å²) in [5.74, 6) is 0.790. The highest BCUT2D eigenvalue weighted by molar-refractivity contribution is 7.71. The van der Waals surface area contributed by atoms with Gasteiger partial charge in [0.1, 0.15) is 0 Å².